The molecular formula is C10H11Br2NO2. The second kappa shape index (κ2) is 6.25. The number of hydrogen-bond donors (Lipinski definition) is 2. The highest BCUT2D eigenvalue weighted by molar-refractivity contribution is 9.11. The van der Waals surface area contributed by atoms with Crippen molar-refractivity contribution in [2.24, 2.45) is 0 Å². The van der Waals surface area contributed by atoms with E-state index in [0.717, 1.165) is 14.6 Å². The molecule has 0 aliphatic rings. The number of aliphatic hydroxyl groups excluding tert-OH is 1. The molecular weight excluding hydrogens is 326 g/mol. The molecule has 0 atom stereocenters. The summed E-state index contributed by atoms with van der Waals surface area (Å²) >= 11 is 6.70. The van der Waals surface area contributed by atoms with Crippen molar-refractivity contribution in [3.63, 3.8) is 0 Å². The van der Waals surface area contributed by atoms with Gasteiger partial charge in [-0.15, -0.1) is 0 Å². The lowest BCUT2D eigenvalue weighted by molar-refractivity contribution is -0.116. The van der Waals surface area contributed by atoms with Crippen LogP contribution < -0.4 is 5.32 Å². The average Bonchev–Trinajstić information content (AvgIpc) is 2.21. The van der Waals surface area contributed by atoms with Crippen LogP contribution in [-0.4, -0.2) is 17.6 Å². The first kappa shape index (κ1) is 12.7. The molecule has 1 rings (SSSR count). The molecule has 0 bridgehead atoms. The van der Waals surface area contributed by atoms with E-state index in [-0.39, 0.29) is 12.5 Å². The summed E-state index contributed by atoms with van der Waals surface area (Å²) in [6, 6.07) is 5.58. The molecule has 0 radical (unpaired) electrons. The van der Waals surface area contributed by atoms with Gasteiger partial charge in [0.05, 0.1) is 5.69 Å². The Balaban J connectivity index is 2.68. The minimum atomic E-state index is -0.100. The van der Waals surface area contributed by atoms with Crippen molar-refractivity contribution in [3.05, 3.63) is 27.1 Å². The summed E-state index contributed by atoms with van der Waals surface area (Å²) in [7, 11) is 0. The molecule has 1 aromatic carbocycles. The molecule has 0 aliphatic heterocycles. The molecule has 0 aliphatic carbocycles. The van der Waals surface area contributed by atoms with E-state index < -0.39 is 0 Å². The maximum Gasteiger partial charge on any atom is 0.224 e. The maximum absolute atomic E-state index is 11.4. The molecule has 82 valence electrons. The molecule has 0 fully saturated rings. The molecule has 2 N–H and O–H groups in total. The van der Waals surface area contributed by atoms with Crippen LogP contribution in [0, 0.1) is 0 Å². The summed E-state index contributed by atoms with van der Waals surface area (Å²) in [4.78, 5) is 11.4. The summed E-state index contributed by atoms with van der Waals surface area (Å²) < 4.78 is 1.66. The van der Waals surface area contributed by atoms with Crippen molar-refractivity contribution >= 4 is 43.5 Å². The van der Waals surface area contributed by atoms with Gasteiger partial charge in [0.2, 0.25) is 5.91 Å². The van der Waals surface area contributed by atoms with Crippen molar-refractivity contribution < 1.29 is 9.90 Å². The van der Waals surface area contributed by atoms with Crippen LogP contribution in [0.1, 0.15) is 12.8 Å². The smallest absolute Gasteiger partial charge is 0.224 e. The number of carbonyl (C=O) groups excluding carboxylic acids is 1. The lowest BCUT2D eigenvalue weighted by atomic mass is 10.3. The van der Waals surface area contributed by atoms with E-state index in [9.17, 15) is 4.79 Å². The van der Waals surface area contributed by atoms with Crippen molar-refractivity contribution in [3.8, 4) is 0 Å². The quantitative estimate of drug-likeness (QED) is 0.888. The Morgan fingerprint density at radius 1 is 1.33 bits per heavy atom. The predicted molar refractivity (Wildman–Crippen MR) is 66.8 cm³/mol. The Bertz CT molecular complexity index is 335. The second-order valence-corrected chi connectivity index (χ2v) is 4.68. The molecule has 0 spiro atoms. The molecule has 0 heterocycles. The van der Waals surface area contributed by atoms with E-state index >= 15 is 0 Å². The zero-order chi connectivity index (χ0) is 11.3. The van der Waals surface area contributed by atoms with Gasteiger partial charge in [0, 0.05) is 22.0 Å². The number of para-hydroxylation sites is 1. The van der Waals surface area contributed by atoms with Gasteiger partial charge in [0.25, 0.3) is 0 Å². The highest BCUT2D eigenvalue weighted by atomic mass is 79.9. The molecule has 15 heavy (non-hydrogen) atoms. The number of anilines is 1. The van der Waals surface area contributed by atoms with Gasteiger partial charge in [-0.3, -0.25) is 4.79 Å². The standard InChI is InChI=1S/C10H11Br2NO2/c11-7-3-1-4-8(12)10(7)13-9(15)5-2-6-14/h1,3-4,14H,2,5-6H2,(H,13,15). The van der Waals surface area contributed by atoms with Crippen LogP contribution in [-0.2, 0) is 4.79 Å². The van der Waals surface area contributed by atoms with Gasteiger partial charge in [0.1, 0.15) is 0 Å². The van der Waals surface area contributed by atoms with Gasteiger partial charge < -0.3 is 10.4 Å². The first-order valence-electron chi connectivity index (χ1n) is 4.50. The summed E-state index contributed by atoms with van der Waals surface area (Å²) in [5, 5.41) is 11.4. The Kier molecular flexibility index (Phi) is 5.28. The molecule has 3 nitrogen and oxygen atoms in total. The van der Waals surface area contributed by atoms with Gasteiger partial charge in [-0.1, -0.05) is 6.07 Å². The van der Waals surface area contributed by atoms with Gasteiger partial charge in [0.15, 0.2) is 0 Å². The van der Waals surface area contributed by atoms with E-state index in [1.807, 2.05) is 18.2 Å². The normalized spacial score (nSPS) is 10.1. The van der Waals surface area contributed by atoms with Gasteiger partial charge >= 0.3 is 0 Å². The topological polar surface area (TPSA) is 49.3 Å². The zero-order valence-corrected chi connectivity index (χ0v) is 11.1. The molecule has 0 saturated carbocycles. The first-order valence-corrected chi connectivity index (χ1v) is 6.08. The number of hydrogen-bond acceptors (Lipinski definition) is 2. The monoisotopic (exact) mass is 335 g/mol. The third kappa shape index (κ3) is 3.93. The molecule has 0 aromatic heterocycles. The lowest BCUT2D eigenvalue weighted by Gasteiger charge is -2.08. The van der Waals surface area contributed by atoms with Crippen molar-refractivity contribution in [1.82, 2.24) is 0 Å². The number of aliphatic hydroxyl groups is 1. The third-order valence-corrected chi connectivity index (χ3v) is 3.11. The van der Waals surface area contributed by atoms with Gasteiger partial charge in [-0.25, -0.2) is 0 Å². The minimum Gasteiger partial charge on any atom is -0.396 e. The van der Waals surface area contributed by atoms with Crippen LogP contribution in [0.25, 0.3) is 0 Å². The van der Waals surface area contributed by atoms with Crippen molar-refractivity contribution in [2.75, 3.05) is 11.9 Å². The van der Waals surface area contributed by atoms with Crippen LogP contribution in [0.2, 0.25) is 0 Å². The SMILES string of the molecule is O=C(CCCO)Nc1c(Br)cccc1Br. The Hall–Kier alpha value is -0.390. The number of nitrogens with one attached hydrogen (secondary N) is 1. The average molecular weight is 337 g/mol. The van der Waals surface area contributed by atoms with E-state index in [1.165, 1.54) is 0 Å². The van der Waals surface area contributed by atoms with Crippen molar-refractivity contribution in [1.29, 1.82) is 0 Å². The second-order valence-electron chi connectivity index (χ2n) is 2.97. The molecule has 1 aromatic rings. The van der Waals surface area contributed by atoms with E-state index in [4.69, 9.17) is 5.11 Å². The number of amides is 1. The number of halogens is 2. The van der Waals surface area contributed by atoms with Crippen molar-refractivity contribution in [2.45, 2.75) is 12.8 Å². The highest BCUT2D eigenvalue weighted by Crippen LogP contribution is 2.30. The predicted octanol–water partition coefficient (Wildman–Crippen LogP) is 2.92. The lowest BCUT2D eigenvalue weighted by Crippen LogP contribution is -2.12. The number of rotatable bonds is 4. The van der Waals surface area contributed by atoms with Crippen LogP contribution in [0.3, 0.4) is 0 Å². The fraction of sp³-hybridized carbons (Fsp3) is 0.300. The van der Waals surface area contributed by atoms with Gasteiger partial charge in [-0.2, -0.15) is 0 Å². The Labute approximate surface area is 105 Å². The summed E-state index contributed by atoms with van der Waals surface area (Å²) in [6.07, 6.45) is 0.804. The van der Waals surface area contributed by atoms with Crippen LogP contribution >= 0.6 is 31.9 Å². The molecule has 1 amide bonds. The Morgan fingerprint density at radius 3 is 2.47 bits per heavy atom. The van der Waals surface area contributed by atoms with Gasteiger partial charge in [-0.05, 0) is 50.4 Å². The van der Waals surface area contributed by atoms with Crippen LogP contribution in [0.4, 0.5) is 5.69 Å². The van der Waals surface area contributed by atoms with Crippen LogP contribution in [0.15, 0.2) is 27.1 Å². The van der Waals surface area contributed by atoms with E-state index in [1.54, 1.807) is 0 Å². The van der Waals surface area contributed by atoms with Crippen LogP contribution in [0.5, 0.6) is 0 Å². The number of carbonyl (C=O) groups is 1. The highest BCUT2D eigenvalue weighted by Gasteiger charge is 2.08. The van der Waals surface area contributed by atoms with E-state index in [2.05, 4.69) is 37.2 Å². The summed E-state index contributed by atoms with van der Waals surface area (Å²) in [5.74, 6) is -0.100. The number of benzene rings is 1. The largest absolute Gasteiger partial charge is 0.396 e. The zero-order valence-electron chi connectivity index (χ0n) is 7.96. The fourth-order valence-electron chi connectivity index (χ4n) is 1.06. The molecule has 0 saturated heterocycles. The Morgan fingerprint density at radius 2 is 1.93 bits per heavy atom. The summed E-state index contributed by atoms with van der Waals surface area (Å²) in [5.41, 5.74) is 0.723. The minimum absolute atomic E-state index is 0.0323. The molecule has 5 heteroatoms. The fourth-order valence-corrected chi connectivity index (χ4v) is 2.26. The summed E-state index contributed by atoms with van der Waals surface area (Å²) in [6.45, 7) is 0.0323. The maximum atomic E-state index is 11.4. The first-order chi connectivity index (χ1) is 7.15. The third-order valence-electron chi connectivity index (χ3n) is 1.79. The molecule has 0 unspecified atom stereocenters. The van der Waals surface area contributed by atoms with E-state index in [0.29, 0.717) is 12.8 Å².